The molecule has 0 saturated carbocycles. The Balaban J connectivity index is 1.56. The van der Waals surface area contributed by atoms with Gasteiger partial charge in [-0.05, 0) is 57.2 Å². The van der Waals surface area contributed by atoms with E-state index in [1.54, 1.807) is 29.1 Å². The first-order valence-corrected chi connectivity index (χ1v) is 13.8. The Hall–Kier alpha value is -3.92. The summed E-state index contributed by atoms with van der Waals surface area (Å²) in [5, 5.41) is 10.1. The molecule has 0 radical (unpaired) electrons. The van der Waals surface area contributed by atoms with Crippen molar-refractivity contribution in [1.82, 2.24) is 15.1 Å². The van der Waals surface area contributed by atoms with Crippen LogP contribution in [0.3, 0.4) is 0 Å². The molecule has 1 aliphatic heterocycles. The number of carbonyl (C=O) groups is 2. The zero-order valence-corrected chi connectivity index (χ0v) is 22.3. The molecule has 10 heteroatoms. The first kappa shape index (κ1) is 26.2. The van der Waals surface area contributed by atoms with Crippen LogP contribution in [0.2, 0.25) is 0 Å². The molecule has 194 valence electrons. The van der Waals surface area contributed by atoms with Gasteiger partial charge in [-0.25, -0.2) is 8.42 Å². The van der Waals surface area contributed by atoms with Crippen molar-refractivity contribution in [3.05, 3.63) is 83.3 Å². The first-order valence-electron chi connectivity index (χ1n) is 11.9. The van der Waals surface area contributed by atoms with Gasteiger partial charge in [-0.1, -0.05) is 12.1 Å². The number of hydrogen-bond donors (Lipinski definition) is 2. The van der Waals surface area contributed by atoms with Crippen LogP contribution in [0.15, 0.2) is 77.1 Å². The minimum Gasteiger partial charge on any atom is -0.345 e. The zero-order valence-electron chi connectivity index (χ0n) is 21.5. The molecule has 0 fully saturated rings. The van der Waals surface area contributed by atoms with Crippen molar-refractivity contribution in [3.8, 4) is 0 Å². The van der Waals surface area contributed by atoms with Gasteiger partial charge in [0.25, 0.3) is 11.8 Å². The third-order valence-electron chi connectivity index (χ3n) is 6.53. The first-order chi connectivity index (χ1) is 17.5. The zero-order chi connectivity index (χ0) is 26.9. The second-order valence-corrected chi connectivity index (χ2v) is 11.4. The van der Waals surface area contributed by atoms with E-state index in [9.17, 15) is 18.0 Å². The highest BCUT2D eigenvalue weighted by Gasteiger charge is 2.33. The fraction of sp³-hybridized carbons (Fsp3) is 0.296. The maximum absolute atomic E-state index is 13.3. The fourth-order valence-corrected chi connectivity index (χ4v) is 5.21. The lowest BCUT2D eigenvalue weighted by Crippen LogP contribution is -2.31. The maximum Gasteiger partial charge on any atom is 0.253 e. The second-order valence-electron chi connectivity index (χ2n) is 9.40. The van der Waals surface area contributed by atoms with Crippen LogP contribution in [0.4, 0.5) is 11.4 Å². The number of amides is 2. The van der Waals surface area contributed by atoms with Crippen LogP contribution in [0, 0.1) is 0 Å². The standard InChI is InChI=1S/C27H31N5O4S/c1-17-14-24(27(34)30-21-10-12-22(13-11-21)37(5,35)36)19(3)32(17)25-9-7-6-8-23(25)26(33)29-18(2)20-15-28-31(4)16-20/h6-13,15-18H,14H2,1-5H3,(H,29,33)(H,30,34). The van der Waals surface area contributed by atoms with Gasteiger partial charge in [0.2, 0.25) is 0 Å². The van der Waals surface area contributed by atoms with E-state index in [2.05, 4.69) is 15.7 Å². The van der Waals surface area contributed by atoms with Gasteiger partial charge in [0.15, 0.2) is 9.84 Å². The molecule has 37 heavy (non-hydrogen) atoms. The van der Waals surface area contributed by atoms with E-state index in [0.29, 0.717) is 23.2 Å². The molecule has 9 nitrogen and oxygen atoms in total. The van der Waals surface area contributed by atoms with E-state index in [1.165, 1.54) is 12.1 Å². The van der Waals surface area contributed by atoms with Crippen molar-refractivity contribution in [1.29, 1.82) is 0 Å². The number of para-hydroxylation sites is 1. The van der Waals surface area contributed by atoms with Crippen molar-refractivity contribution in [2.24, 2.45) is 7.05 Å². The van der Waals surface area contributed by atoms with Gasteiger partial charge in [0.05, 0.1) is 28.4 Å². The number of benzene rings is 2. The Bertz CT molecular complexity index is 1470. The van der Waals surface area contributed by atoms with Gasteiger partial charge in [0, 0.05) is 54.5 Å². The lowest BCUT2D eigenvalue weighted by molar-refractivity contribution is -0.113. The lowest BCUT2D eigenvalue weighted by Gasteiger charge is -2.28. The van der Waals surface area contributed by atoms with Crippen molar-refractivity contribution < 1.29 is 18.0 Å². The molecule has 0 spiro atoms. The van der Waals surface area contributed by atoms with Gasteiger partial charge in [-0.15, -0.1) is 0 Å². The van der Waals surface area contributed by atoms with Crippen LogP contribution in [-0.2, 0) is 21.7 Å². The summed E-state index contributed by atoms with van der Waals surface area (Å²) in [6.45, 7) is 5.79. The highest BCUT2D eigenvalue weighted by atomic mass is 32.2. The number of nitrogens with zero attached hydrogens (tertiary/aromatic N) is 3. The Labute approximate surface area is 217 Å². The van der Waals surface area contributed by atoms with Gasteiger partial charge >= 0.3 is 0 Å². The van der Waals surface area contributed by atoms with E-state index < -0.39 is 9.84 Å². The second kappa shape index (κ2) is 10.2. The van der Waals surface area contributed by atoms with Crippen molar-refractivity contribution in [3.63, 3.8) is 0 Å². The van der Waals surface area contributed by atoms with E-state index >= 15 is 0 Å². The molecule has 2 unspecified atom stereocenters. The highest BCUT2D eigenvalue weighted by Crippen LogP contribution is 2.36. The normalized spacial score (nSPS) is 16.6. The van der Waals surface area contributed by atoms with Crippen LogP contribution in [0.1, 0.15) is 49.2 Å². The van der Waals surface area contributed by atoms with E-state index in [4.69, 9.17) is 0 Å². The number of anilines is 2. The van der Waals surface area contributed by atoms with Crippen LogP contribution >= 0.6 is 0 Å². The minimum absolute atomic E-state index is 0.0435. The molecule has 2 amide bonds. The van der Waals surface area contributed by atoms with E-state index in [-0.39, 0.29) is 28.8 Å². The van der Waals surface area contributed by atoms with Crippen LogP contribution in [0.5, 0.6) is 0 Å². The van der Waals surface area contributed by atoms with Crippen molar-refractivity contribution >= 4 is 33.0 Å². The third-order valence-corrected chi connectivity index (χ3v) is 7.66. The average Bonchev–Trinajstić information content (AvgIpc) is 3.41. The quantitative estimate of drug-likeness (QED) is 0.489. The van der Waals surface area contributed by atoms with Gasteiger partial charge in [-0.2, -0.15) is 5.10 Å². The topological polar surface area (TPSA) is 113 Å². The molecule has 3 aromatic rings. The maximum atomic E-state index is 13.3. The summed E-state index contributed by atoms with van der Waals surface area (Å²) >= 11 is 0. The number of aromatic nitrogens is 2. The monoisotopic (exact) mass is 521 g/mol. The van der Waals surface area contributed by atoms with E-state index in [1.807, 2.05) is 57.1 Å². The molecule has 0 bridgehead atoms. The fourth-order valence-electron chi connectivity index (χ4n) is 4.57. The Morgan fingerprint density at radius 1 is 1.08 bits per heavy atom. The predicted molar refractivity (Wildman–Crippen MR) is 143 cm³/mol. The number of carbonyl (C=O) groups excluding carboxylic acids is 2. The molecular formula is C27H31N5O4S. The molecule has 2 N–H and O–H groups in total. The summed E-state index contributed by atoms with van der Waals surface area (Å²) in [6.07, 6.45) is 5.24. The minimum atomic E-state index is -3.32. The number of rotatable bonds is 7. The van der Waals surface area contributed by atoms with Gasteiger partial charge in [0.1, 0.15) is 0 Å². The van der Waals surface area contributed by atoms with Crippen LogP contribution in [0.25, 0.3) is 0 Å². The average molecular weight is 522 g/mol. The number of hydrogen-bond acceptors (Lipinski definition) is 6. The lowest BCUT2D eigenvalue weighted by atomic mass is 10.1. The number of allylic oxidation sites excluding steroid dienone is 1. The molecular weight excluding hydrogens is 490 g/mol. The van der Waals surface area contributed by atoms with Gasteiger partial charge in [-0.3, -0.25) is 14.3 Å². The Kier molecular flexibility index (Phi) is 7.22. The molecule has 1 aliphatic rings. The van der Waals surface area contributed by atoms with Crippen molar-refractivity contribution in [2.75, 3.05) is 16.5 Å². The highest BCUT2D eigenvalue weighted by molar-refractivity contribution is 7.90. The number of nitrogens with one attached hydrogen (secondary N) is 2. The number of aryl methyl sites for hydroxylation is 1. The molecule has 0 aliphatic carbocycles. The van der Waals surface area contributed by atoms with Crippen molar-refractivity contribution in [2.45, 2.75) is 44.2 Å². The summed E-state index contributed by atoms with van der Waals surface area (Å²) in [6, 6.07) is 13.2. The van der Waals surface area contributed by atoms with Gasteiger partial charge < -0.3 is 15.5 Å². The van der Waals surface area contributed by atoms with Crippen LogP contribution < -0.4 is 15.5 Å². The summed E-state index contributed by atoms with van der Waals surface area (Å²) in [4.78, 5) is 28.6. The Morgan fingerprint density at radius 3 is 2.38 bits per heavy atom. The third kappa shape index (κ3) is 5.59. The smallest absolute Gasteiger partial charge is 0.253 e. The molecule has 2 aromatic carbocycles. The molecule has 4 rings (SSSR count). The SMILES string of the molecule is CC1=C(C(=O)Nc2ccc(S(C)(=O)=O)cc2)CC(C)N1c1ccccc1C(=O)NC(C)c1cnn(C)c1. The molecule has 0 saturated heterocycles. The largest absolute Gasteiger partial charge is 0.345 e. The molecule has 1 aromatic heterocycles. The van der Waals surface area contributed by atoms with E-state index in [0.717, 1.165) is 23.2 Å². The number of sulfone groups is 1. The summed E-state index contributed by atoms with van der Waals surface area (Å²) in [7, 11) is -1.49. The Morgan fingerprint density at radius 2 is 1.76 bits per heavy atom. The summed E-state index contributed by atoms with van der Waals surface area (Å²) < 4.78 is 25.1. The summed E-state index contributed by atoms with van der Waals surface area (Å²) in [5.41, 5.74) is 4.03. The summed E-state index contributed by atoms with van der Waals surface area (Å²) in [5.74, 6) is -0.470. The molecule has 2 atom stereocenters. The predicted octanol–water partition coefficient (Wildman–Crippen LogP) is 3.83. The van der Waals surface area contributed by atoms with Crippen LogP contribution in [-0.4, -0.2) is 42.3 Å². The molecule has 2 heterocycles.